The van der Waals surface area contributed by atoms with Crippen molar-refractivity contribution in [3.63, 3.8) is 0 Å². The summed E-state index contributed by atoms with van der Waals surface area (Å²) in [5, 5.41) is 4.06. The summed E-state index contributed by atoms with van der Waals surface area (Å²) in [5.41, 5.74) is 5.52. The summed E-state index contributed by atoms with van der Waals surface area (Å²) < 4.78 is 16.6. The average Bonchev–Trinajstić information content (AvgIpc) is 3.38. The van der Waals surface area contributed by atoms with Crippen LogP contribution < -0.4 is 5.46 Å². The molecule has 0 atom stereocenters. The standard InChI is InChI=1S/C29H28BNO2S/c1-27(2)20-12-9-11-19-24-18-10-7-8-13-23(18)34-26(24)31(25(19)20)22-15-14-17(16-21(22)27)30-32-28(3,4)29(5,6)33-30/h7-16H,1-6H3. The van der Waals surface area contributed by atoms with E-state index < -0.39 is 0 Å². The third kappa shape index (κ3) is 2.45. The van der Waals surface area contributed by atoms with Crippen LogP contribution in [0.5, 0.6) is 0 Å². The summed E-state index contributed by atoms with van der Waals surface area (Å²) in [6, 6.07) is 22.4. The van der Waals surface area contributed by atoms with Gasteiger partial charge < -0.3 is 13.9 Å². The van der Waals surface area contributed by atoms with E-state index in [1.807, 2.05) is 11.3 Å². The van der Waals surface area contributed by atoms with Crippen LogP contribution in [-0.2, 0) is 14.7 Å². The van der Waals surface area contributed by atoms with Gasteiger partial charge in [0.05, 0.1) is 22.4 Å². The fraction of sp³-hybridized carbons (Fsp3) is 0.310. The molecule has 1 saturated heterocycles. The molecule has 5 aromatic rings. The molecular weight excluding hydrogens is 437 g/mol. The smallest absolute Gasteiger partial charge is 0.399 e. The Bertz CT molecular complexity index is 1640. The summed E-state index contributed by atoms with van der Waals surface area (Å²) >= 11 is 1.89. The highest BCUT2D eigenvalue weighted by molar-refractivity contribution is 7.25. The Morgan fingerprint density at radius 2 is 1.47 bits per heavy atom. The molecule has 5 heteroatoms. The van der Waals surface area contributed by atoms with Crippen molar-refractivity contribution in [1.82, 2.24) is 4.57 Å². The maximum Gasteiger partial charge on any atom is 0.494 e. The summed E-state index contributed by atoms with van der Waals surface area (Å²) in [5.74, 6) is 0. The zero-order chi connectivity index (χ0) is 23.6. The maximum atomic E-state index is 6.40. The van der Waals surface area contributed by atoms with Crippen molar-refractivity contribution < 1.29 is 9.31 Å². The van der Waals surface area contributed by atoms with Gasteiger partial charge in [0.25, 0.3) is 0 Å². The lowest BCUT2D eigenvalue weighted by Gasteiger charge is -2.35. The molecule has 0 N–H and O–H groups in total. The number of aromatic nitrogens is 1. The van der Waals surface area contributed by atoms with E-state index in [4.69, 9.17) is 9.31 Å². The molecule has 1 fully saturated rings. The highest BCUT2D eigenvalue weighted by Crippen LogP contribution is 2.50. The fourth-order valence-corrected chi connectivity index (χ4v) is 7.03. The van der Waals surface area contributed by atoms with E-state index in [-0.39, 0.29) is 23.7 Å². The summed E-state index contributed by atoms with van der Waals surface area (Å²) in [4.78, 5) is 1.32. The van der Waals surface area contributed by atoms with Crippen LogP contribution in [0.4, 0.5) is 0 Å². The van der Waals surface area contributed by atoms with Crippen molar-refractivity contribution in [3.05, 3.63) is 71.8 Å². The third-order valence-corrected chi connectivity index (χ3v) is 9.60. The molecule has 2 aliphatic rings. The van der Waals surface area contributed by atoms with Gasteiger partial charge in [-0.15, -0.1) is 11.3 Å². The molecule has 0 amide bonds. The van der Waals surface area contributed by atoms with Crippen molar-refractivity contribution >= 4 is 55.1 Å². The van der Waals surface area contributed by atoms with Gasteiger partial charge in [-0.3, -0.25) is 0 Å². The van der Waals surface area contributed by atoms with Gasteiger partial charge in [0.2, 0.25) is 0 Å². The molecule has 4 heterocycles. The lowest BCUT2D eigenvalue weighted by atomic mass is 9.70. The van der Waals surface area contributed by atoms with Crippen molar-refractivity contribution in [2.75, 3.05) is 0 Å². The van der Waals surface area contributed by atoms with E-state index in [1.165, 1.54) is 48.0 Å². The number of hydrogen-bond donors (Lipinski definition) is 0. The minimum Gasteiger partial charge on any atom is -0.399 e. The average molecular weight is 465 g/mol. The van der Waals surface area contributed by atoms with E-state index in [1.54, 1.807) is 0 Å². The first-order chi connectivity index (χ1) is 16.1. The summed E-state index contributed by atoms with van der Waals surface area (Å²) in [6.45, 7) is 13.1. The van der Waals surface area contributed by atoms with E-state index in [2.05, 4.69) is 107 Å². The van der Waals surface area contributed by atoms with E-state index in [0.29, 0.717) is 0 Å². The Morgan fingerprint density at radius 3 is 2.24 bits per heavy atom. The normalized spacial score (nSPS) is 19.9. The molecule has 2 aromatic heterocycles. The molecule has 0 radical (unpaired) electrons. The molecule has 0 aliphatic carbocycles. The SMILES string of the molecule is CC1(C)c2cc(B3OC(C)(C)C(C)(C)O3)ccc2-n2c3sc4ccccc4c3c3cccc1c32. The van der Waals surface area contributed by atoms with Gasteiger partial charge in [0.1, 0.15) is 4.83 Å². The molecule has 0 saturated carbocycles. The first kappa shape index (κ1) is 20.8. The molecular formula is C29H28BNO2S. The van der Waals surface area contributed by atoms with Gasteiger partial charge in [0, 0.05) is 26.3 Å². The monoisotopic (exact) mass is 465 g/mol. The minimum atomic E-state index is -0.364. The topological polar surface area (TPSA) is 23.4 Å². The van der Waals surface area contributed by atoms with Crippen LogP contribution in [0.25, 0.3) is 36.9 Å². The number of hydrogen-bond acceptors (Lipinski definition) is 3. The van der Waals surface area contributed by atoms with Gasteiger partial charge in [-0.1, -0.05) is 62.4 Å². The Balaban J connectivity index is 1.52. The third-order valence-electron chi connectivity index (χ3n) is 8.44. The number of thiophene rings is 1. The van der Waals surface area contributed by atoms with Crippen LogP contribution in [-0.4, -0.2) is 22.9 Å². The van der Waals surface area contributed by atoms with Gasteiger partial charge in [0.15, 0.2) is 0 Å². The second-order valence-corrected chi connectivity index (χ2v) is 12.3. The second kappa shape index (κ2) is 6.34. The van der Waals surface area contributed by atoms with Crippen molar-refractivity contribution in [3.8, 4) is 5.69 Å². The predicted octanol–water partition coefficient (Wildman–Crippen LogP) is 6.94. The Morgan fingerprint density at radius 1 is 0.765 bits per heavy atom. The largest absolute Gasteiger partial charge is 0.494 e. The molecule has 0 unspecified atom stereocenters. The fourth-order valence-electron chi connectivity index (χ4n) is 5.79. The molecule has 0 spiro atoms. The minimum absolute atomic E-state index is 0.138. The van der Waals surface area contributed by atoms with Gasteiger partial charge in [-0.2, -0.15) is 0 Å². The zero-order valence-electron chi connectivity index (χ0n) is 20.5. The first-order valence-electron chi connectivity index (χ1n) is 12.1. The quantitative estimate of drug-likeness (QED) is 0.251. The number of rotatable bonds is 1. The lowest BCUT2D eigenvalue weighted by molar-refractivity contribution is 0.00578. The molecule has 2 aliphatic heterocycles. The van der Waals surface area contributed by atoms with Crippen LogP contribution in [0.1, 0.15) is 52.7 Å². The highest BCUT2D eigenvalue weighted by Gasteiger charge is 2.52. The molecule has 7 rings (SSSR count). The number of benzene rings is 3. The van der Waals surface area contributed by atoms with Crippen molar-refractivity contribution in [2.24, 2.45) is 0 Å². The van der Waals surface area contributed by atoms with Crippen LogP contribution in [0, 0.1) is 0 Å². The predicted molar refractivity (Wildman–Crippen MR) is 144 cm³/mol. The molecule has 3 nitrogen and oxygen atoms in total. The number of nitrogens with zero attached hydrogens (tertiary/aromatic N) is 1. The summed E-state index contributed by atoms with van der Waals surface area (Å²) in [6.07, 6.45) is 0. The van der Waals surface area contributed by atoms with Gasteiger partial charge >= 0.3 is 7.12 Å². The molecule has 170 valence electrons. The zero-order valence-corrected chi connectivity index (χ0v) is 21.3. The first-order valence-corrected chi connectivity index (χ1v) is 12.9. The van der Waals surface area contributed by atoms with Gasteiger partial charge in [-0.05, 0) is 56.4 Å². The van der Waals surface area contributed by atoms with Gasteiger partial charge in [-0.25, -0.2) is 0 Å². The van der Waals surface area contributed by atoms with E-state index >= 15 is 0 Å². The number of para-hydroxylation sites is 1. The Hall–Kier alpha value is -2.60. The van der Waals surface area contributed by atoms with Crippen LogP contribution in [0.3, 0.4) is 0 Å². The van der Waals surface area contributed by atoms with E-state index in [0.717, 1.165) is 5.46 Å². The summed E-state index contributed by atoms with van der Waals surface area (Å²) in [7, 11) is -0.364. The highest BCUT2D eigenvalue weighted by atomic mass is 32.1. The molecule has 34 heavy (non-hydrogen) atoms. The second-order valence-electron chi connectivity index (χ2n) is 11.3. The number of fused-ring (bicyclic) bond motifs is 7. The van der Waals surface area contributed by atoms with Crippen molar-refractivity contribution in [1.29, 1.82) is 0 Å². The Labute approximate surface area is 204 Å². The molecule has 0 bridgehead atoms. The van der Waals surface area contributed by atoms with Crippen LogP contribution in [0.2, 0.25) is 0 Å². The van der Waals surface area contributed by atoms with E-state index in [9.17, 15) is 0 Å². The maximum absolute atomic E-state index is 6.40. The van der Waals surface area contributed by atoms with Crippen LogP contribution >= 0.6 is 11.3 Å². The van der Waals surface area contributed by atoms with Crippen molar-refractivity contribution in [2.45, 2.75) is 58.2 Å². The molecule has 3 aromatic carbocycles. The Kier molecular flexibility index (Phi) is 3.87. The lowest BCUT2D eigenvalue weighted by Crippen LogP contribution is -2.41. The van der Waals surface area contributed by atoms with Crippen LogP contribution in [0.15, 0.2) is 60.7 Å².